The molecule has 0 N–H and O–H groups in total. The molecule has 1 heterocycles. The van der Waals surface area contributed by atoms with Crippen molar-refractivity contribution >= 4 is 15.9 Å². The largest absolute Gasteiger partial charge is 0.379 e. The van der Waals surface area contributed by atoms with Crippen molar-refractivity contribution in [1.29, 1.82) is 0 Å². The van der Waals surface area contributed by atoms with Gasteiger partial charge in [-0.05, 0) is 31.2 Å². The number of carbonyl (C=O) groups is 1. The predicted molar refractivity (Wildman–Crippen MR) is 90.5 cm³/mol. The van der Waals surface area contributed by atoms with Gasteiger partial charge in [0.25, 0.3) is 5.56 Å². The van der Waals surface area contributed by atoms with Crippen LogP contribution in [0.3, 0.4) is 0 Å². The van der Waals surface area contributed by atoms with Crippen LogP contribution >= 0.6 is 0 Å². The van der Waals surface area contributed by atoms with Crippen molar-refractivity contribution in [1.82, 2.24) is 9.13 Å². The maximum absolute atomic E-state index is 12.5. The van der Waals surface area contributed by atoms with Crippen LogP contribution in [-0.2, 0) is 24.2 Å². The van der Waals surface area contributed by atoms with Crippen molar-refractivity contribution in [3.63, 3.8) is 0 Å². The molecule has 0 radical (unpaired) electrons. The zero-order chi connectivity index (χ0) is 18.9. The van der Waals surface area contributed by atoms with E-state index >= 15 is 0 Å². The van der Waals surface area contributed by atoms with E-state index in [1.165, 1.54) is 45.3 Å². The number of nitrogens with zero attached hydrogens (tertiary/aromatic N) is 2. The maximum atomic E-state index is 12.5. The zero-order valence-corrected chi connectivity index (χ0v) is 15.1. The zero-order valence-electron chi connectivity index (χ0n) is 14.3. The van der Waals surface area contributed by atoms with Crippen LogP contribution in [0.1, 0.15) is 29.4 Å². The molecule has 0 spiro atoms. The normalized spacial score (nSPS) is 11.4. The molecule has 0 amide bonds. The number of benzene rings is 1. The van der Waals surface area contributed by atoms with Crippen LogP contribution in [0.2, 0.25) is 0 Å². The Bertz CT molecular complexity index is 1050. The van der Waals surface area contributed by atoms with Crippen LogP contribution in [0.4, 0.5) is 0 Å². The average Bonchev–Trinajstić information content (AvgIpc) is 2.57. The Labute approximate surface area is 144 Å². The highest BCUT2D eigenvalue weighted by molar-refractivity contribution is 7.87. The fourth-order valence-electron chi connectivity index (χ4n) is 2.27. The summed E-state index contributed by atoms with van der Waals surface area (Å²) in [7, 11) is -1.90. The summed E-state index contributed by atoms with van der Waals surface area (Å²) in [6.45, 7) is 3.07. The summed E-state index contributed by atoms with van der Waals surface area (Å²) in [4.78, 5) is 35.0. The lowest BCUT2D eigenvalue weighted by Gasteiger charge is -2.13. The molecule has 0 unspecified atom stereocenters. The van der Waals surface area contributed by atoms with Crippen molar-refractivity contribution in [2.24, 2.45) is 14.1 Å². The summed E-state index contributed by atoms with van der Waals surface area (Å²) in [5.41, 5.74) is -1.19. The molecule has 9 heteroatoms. The third-order valence-electron chi connectivity index (χ3n) is 3.86. The standard InChI is InChI=1S/C16H18N2O6S/c1-5-13(19)11-6-8-12(9-7-11)24-25(22,23)14-10(2)17(3)16(21)18(4)15(14)20/h6-9H,5H2,1-4H3. The molecule has 0 atom stereocenters. The smallest absolute Gasteiger partial charge is 0.346 e. The van der Waals surface area contributed by atoms with E-state index in [4.69, 9.17) is 4.18 Å². The Hall–Kier alpha value is -2.68. The van der Waals surface area contributed by atoms with E-state index in [9.17, 15) is 22.8 Å². The summed E-state index contributed by atoms with van der Waals surface area (Å²) in [6.07, 6.45) is 0.325. The molecular weight excluding hydrogens is 348 g/mol. The molecular formula is C16H18N2O6S. The maximum Gasteiger partial charge on any atom is 0.346 e. The molecule has 0 fully saturated rings. The van der Waals surface area contributed by atoms with E-state index in [0.29, 0.717) is 16.6 Å². The second-order valence-corrected chi connectivity index (χ2v) is 6.94. The van der Waals surface area contributed by atoms with Crippen LogP contribution in [-0.4, -0.2) is 23.3 Å². The van der Waals surface area contributed by atoms with E-state index in [1.54, 1.807) is 6.92 Å². The van der Waals surface area contributed by atoms with Crippen molar-refractivity contribution in [3.8, 4) is 5.75 Å². The number of ketones is 1. The van der Waals surface area contributed by atoms with Crippen LogP contribution in [0.5, 0.6) is 5.75 Å². The first-order valence-electron chi connectivity index (χ1n) is 7.44. The Kier molecular flexibility index (Phi) is 4.98. The quantitative estimate of drug-likeness (QED) is 0.571. The first-order valence-corrected chi connectivity index (χ1v) is 8.85. The third-order valence-corrected chi connectivity index (χ3v) is 5.24. The highest BCUT2D eigenvalue weighted by atomic mass is 32.2. The van der Waals surface area contributed by atoms with Gasteiger partial charge in [-0.2, -0.15) is 8.42 Å². The van der Waals surface area contributed by atoms with E-state index in [2.05, 4.69) is 0 Å². The lowest BCUT2D eigenvalue weighted by atomic mass is 10.1. The van der Waals surface area contributed by atoms with Gasteiger partial charge in [0.15, 0.2) is 10.7 Å². The Morgan fingerprint density at radius 3 is 2.16 bits per heavy atom. The summed E-state index contributed by atoms with van der Waals surface area (Å²) < 4.78 is 31.8. The van der Waals surface area contributed by atoms with Gasteiger partial charge in [0.1, 0.15) is 5.75 Å². The summed E-state index contributed by atoms with van der Waals surface area (Å²) in [5.74, 6) is -0.125. The number of Topliss-reactive ketones (excluding diaryl/α,β-unsaturated/α-hetero) is 1. The van der Waals surface area contributed by atoms with Gasteiger partial charge < -0.3 is 4.18 Å². The molecule has 134 valence electrons. The minimum Gasteiger partial charge on any atom is -0.379 e. The fraction of sp³-hybridized carbons (Fsp3) is 0.312. The highest BCUT2D eigenvalue weighted by Gasteiger charge is 2.27. The highest BCUT2D eigenvalue weighted by Crippen LogP contribution is 2.19. The van der Waals surface area contributed by atoms with Crippen molar-refractivity contribution < 1.29 is 17.4 Å². The molecule has 0 aliphatic carbocycles. The average molecular weight is 366 g/mol. The van der Waals surface area contributed by atoms with Crippen molar-refractivity contribution in [2.75, 3.05) is 0 Å². The van der Waals surface area contributed by atoms with Gasteiger partial charge in [0, 0.05) is 31.8 Å². The van der Waals surface area contributed by atoms with Crippen LogP contribution in [0.25, 0.3) is 0 Å². The Morgan fingerprint density at radius 1 is 1.08 bits per heavy atom. The fourth-order valence-corrected chi connectivity index (χ4v) is 3.57. The van der Waals surface area contributed by atoms with E-state index in [-0.39, 0.29) is 17.2 Å². The SMILES string of the molecule is CCC(=O)c1ccc(OS(=O)(=O)c2c(C)n(C)c(=O)n(C)c2=O)cc1. The second-order valence-electron chi connectivity index (χ2n) is 5.46. The molecule has 0 saturated carbocycles. The first-order chi connectivity index (χ1) is 11.6. The van der Waals surface area contributed by atoms with Gasteiger partial charge in [-0.3, -0.25) is 18.7 Å². The molecule has 0 aliphatic heterocycles. The molecule has 0 aliphatic rings. The Morgan fingerprint density at radius 2 is 1.64 bits per heavy atom. The van der Waals surface area contributed by atoms with Gasteiger partial charge in [0.05, 0.1) is 0 Å². The predicted octanol–water partition coefficient (Wildman–Crippen LogP) is 0.753. The van der Waals surface area contributed by atoms with Gasteiger partial charge in [-0.1, -0.05) is 6.92 Å². The lowest BCUT2D eigenvalue weighted by molar-refractivity contribution is 0.0988. The molecule has 1 aromatic heterocycles. The topological polar surface area (TPSA) is 104 Å². The van der Waals surface area contributed by atoms with Crippen LogP contribution < -0.4 is 15.4 Å². The molecule has 0 saturated heterocycles. The van der Waals surface area contributed by atoms with E-state index in [0.717, 1.165) is 4.57 Å². The minimum absolute atomic E-state index is 0.0223. The molecule has 2 rings (SSSR count). The van der Waals surface area contributed by atoms with Crippen LogP contribution in [0, 0.1) is 6.92 Å². The molecule has 25 heavy (non-hydrogen) atoms. The monoisotopic (exact) mass is 366 g/mol. The second kappa shape index (κ2) is 6.67. The number of aromatic nitrogens is 2. The van der Waals surface area contributed by atoms with Gasteiger partial charge >= 0.3 is 15.8 Å². The number of rotatable bonds is 5. The number of hydrogen-bond acceptors (Lipinski definition) is 6. The molecule has 2 aromatic rings. The van der Waals surface area contributed by atoms with Gasteiger partial charge in [-0.25, -0.2) is 4.79 Å². The third kappa shape index (κ3) is 3.41. The molecule has 8 nitrogen and oxygen atoms in total. The Balaban J connectivity index is 2.49. The first kappa shape index (κ1) is 18.7. The van der Waals surface area contributed by atoms with Crippen molar-refractivity contribution in [3.05, 3.63) is 56.4 Å². The minimum atomic E-state index is -4.45. The summed E-state index contributed by atoms with van der Waals surface area (Å²) in [6, 6.07) is 5.56. The van der Waals surface area contributed by atoms with E-state index < -0.39 is 26.3 Å². The van der Waals surface area contributed by atoms with E-state index in [1.807, 2.05) is 0 Å². The van der Waals surface area contributed by atoms with Gasteiger partial charge in [-0.15, -0.1) is 0 Å². The van der Waals surface area contributed by atoms with Crippen LogP contribution in [0.15, 0.2) is 38.8 Å². The summed E-state index contributed by atoms with van der Waals surface area (Å²) in [5, 5.41) is 0. The lowest BCUT2D eigenvalue weighted by Crippen LogP contribution is -2.41. The summed E-state index contributed by atoms with van der Waals surface area (Å²) >= 11 is 0. The van der Waals surface area contributed by atoms with Gasteiger partial charge in [0.2, 0.25) is 0 Å². The van der Waals surface area contributed by atoms with Crippen molar-refractivity contribution in [2.45, 2.75) is 25.2 Å². The molecule has 0 bridgehead atoms. The number of carbonyl (C=O) groups excluding carboxylic acids is 1. The number of hydrogen-bond donors (Lipinski definition) is 0. The molecule has 1 aromatic carbocycles.